The van der Waals surface area contributed by atoms with Crippen LogP contribution in [-0.2, 0) is 22.6 Å². The van der Waals surface area contributed by atoms with Gasteiger partial charge in [0.2, 0.25) is 5.91 Å². The maximum absolute atomic E-state index is 13.2. The fraction of sp³-hybridized carbons (Fsp3) is 0.167. The van der Waals surface area contributed by atoms with E-state index in [1.807, 2.05) is 12.1 Å². The zero-order chi connectivity index (χ0) is 21.8. The Morgan fingerprint density at radius 2 is 1.77 bits per heavy atom. The molecule has 1 heterocycles. The minimum atomic E-state index is -0.334. The predicted octanol–water partition coefficient (Wildman–Crippen LogP) is 3.94. The van der Waals surface area contributed by atoms with Gasteiger partial charge in [-0.15, -0.1) is 0 Å². The number of carbonyl (C=O) groups excluding carboxylic acids is 2. The zero-order valence-corrected chi connectivity index (χ0v) is 16.9. The van der Waals surface area contributed by atoms with E-state index in [1.54, 1.807) is 54.5 Å². The van der Waals surface area contributed by atoms with Crippen LogP contribution in [0.3, 0.4) is 0 Å². The van der Waals surface area contributed by atoms with Crippen LogP contribution in [0.4, 0.5) is 15.8 Å². The van der Waals surface area contributed by atoms with E-state index in [2.05, 4.69) is 5.32 Å². The first-order valence-electron chi connectivity index (χ1n) is 9.76. The fourth-order valence-corrected chi connectivity index (χ4v) is 3.36. The molecule has 3 aromatic rings. The summed E-state index contributed by atoms with van der Waals surface area (Å²) < 4.78 is 23.9. The molecule has 1 aliphatic rings. The van der Waals surface area contributed by atoms with E-state index in [0.717, 1.165) is 16.9 Å². The highest BCUT2D eigenvalue weighted by Crippen LogP contribution is 2.35. The van der Waals surface area contributed by atoms with Gasteiger partial charge in [-0.2, -0.15) is 0 Å². The lowest BCUT2D eigenvalue weighted by Crippen LogP contribution is -2.38. The second-order valence-corrected chi connectivity index (χ2v) is 7.15. The van der Waals surface area contributed by atoms with Crippen LogP contribution in [0.1, 0.15) is 11.1 Å². The summed E-state index contributed by atoms with van der Waals surface area (Å²) in [6, 6.07) is 18.4. The number of hydrogen-bond acceptors (Lipinski definition) is 4. The van der Waals surface area contributed by atoms with E-state index in [-0.39, 0.29) is 37.2 Å². The van der Waals surface area contributed by atoms with Crippen molar-refractivity contribution in [2.45, 2.75) is 13.0 Å². The van der Waals surface area contributed by atoms with Crippen LogP contribution >= 0.6 is 0 Å². The summed E-state index contributed by atoms with van der Waals surface area (Å²) in [5.41, 5.74) is 2.76. The molecular weight excluding hydrogens is 399 g/mol. The van der Waals surface area contributed by atoms with Crippen molar-refractivity contribution >= 4 is 23.2 Å². The van der Waals surface area contributed by atoms with Gasteiger partial charge < -0.3 is 19.7 Å². The number of fused-ring (bicyclic) bond motifs is 1. The third-order valence-corrected chi connectivity index (χ3v) is 4.96. The first kappa shape index (κ1) is 20.4. The average Bonchev–Trinajstić information content (AvgIpc) is 2.77. The average molecular weight is 420 g/mol. The van der Waals surface area contributed by atoms with Crippen molar-refractivity contribution in [2.75, 3.05) is 23.9 Å². The molecule has 6 nitrogen and oxygen atoms in total. The van der Waals surface area contributed by atoms with E-state index in [0.29, 0.717) is 17.1 Å². The Kier molecular flexibility index (Phi) is 5.84. The third kappa shape index (κ3) is 4.83. The number of carbonyl (C=O) groups is 2. The zero-order valence-electron chi connectivity index (χ0n) is 16.9. The molecule has 1 N–H and O–H groups in total. The van der Waals surface area contributed by atoms with Crippen LogP contribution in [0.15, 0.2) is 66.7 Å². The lowest BCUT2D eigenvalue weighted by Gasteiger charge is -2.30. The molecule has 4 rings (SSSR count). The third-order valence-electron chi connectivity index (χ3n) is 4.96. The maximum Gasteiger partial charge on any atom is 0.265 e. The lowest BCUT2D eigenvalue weighted by atomic mass is 10.1. The van der Waals surface area contributed by atoms with Crippen molar-refractivity contribution in [3.05, 3.63) is 83.7 Å². The van der Waals surface area contributed by atoms with Gasteiger partial charge >= 0.3 is 0 Å². The molecule has 0 spiro atoms. The van der Waals surface area contributed by atoms with Crippen molar-refractivity contribution in [2.24, 2.45) is 0 Å². The van der Waals surface area contributed by atoms with Crippen LogP contribution in [0.25, 0.3) is 0 Å². The summed E-state index contributed by atoms with van der Waals surface area (Å²) in [7, 11) is 1.59. The fourth-order valence-electron chi connectivity index (χ4n) is 3.36. The van der Waals surface area contributed by atoms with Gasteiger partial charge in [0, 0.05) is 5.69 Å². The summed E-state index contributed by atoms with van der Waals surface area (Å²) in [4.78, 5) is 26.5. The van der Waals surface area contributed by atoms with Gasteiger partial charge in [-0.25, -0.2) is 4.39 Å². The number of ether oxygens (including phenoxy) is 2. The Balaban J connectivity index is 1.50. The molecule has 2 amide bonds. The van der Waals surface area contributed by atoms with Crippen LogP contribution in [-0.4, -0.2) is 25.5 Å². The number of anilines is 2. The summed E-state index contributed by atoms with van der Waals surface area (Å²) >= 11 is 0. The lowest BCUT2D eigenvalue weighted by molar-refractivity contribution is -0.121. The Hall–Kier alpha value is -3.87. The summed E-state index contributed by atoms with van der Waals surface area (Å²) in [5.74, 6) is 0.552. The van der Waals surface area contributed by atoms with Gasteiger partial charge in [-0.3, -0.25) is 9.59 Å². The standard InChI is InChI=1S/C24H21FN2O4/c1-30-20-9-4-16(5-10-20)12-23(28)26-19-8-11-22-21(13-19)27(24(29)15-31-22)14-17-2-6-18(25)7-3-17/h2-11,13H,12,14-15H2,1H3,(H,26,28). The number of halogens is 1. The first-order valence-corrected chi connectivity index (χ1v) is 9.76. The number of hydrogen-bond donors (Lipinski definition) is 1. The van der Waals surface area contributed by atoms with Crippen LogP contribution in [0.5, 0.6) is 11.5 Å². The molecule has 7 heteroatoms. The molecule has 158 valence electrons. The molecule has 0 aliphatic carbocycles. The van der Waals surface area contributed by atoms with Crippen LogP contribution in [0, 0.1) is 5.82 Å². The van der Waals surface area contributed by atoms with Crippen molar-refractivity contribution in [1.29, 1.82) is 0 Å². The van der Waals surface area contributed by atoms with E-state index >= 15 is 0 Å². The SMILES string of the molecule is COc1ccc(CC(=O)Nc2ccc3c(c2)N(Cc2ccc(F)cc2)C(=O)CO3)cc1. The normalized spacial score (nSPS) is 12.7. The number of nitrogens with zero attached hydrogens (tertiary/aromatic N) is 1. The largest absolute Gasteiger partial charge is 0.497 e. The topological polar surface area (TPSA) is 67.9 Å². The minimum Gasteiger partial charge on any atom is -0.497 e. The number of rotatable bonds is 6. The van der Waals surface area contributed by atoms with Gasteiger partial charge in [0.1, 0.15) is 17.3 Å². The molecule has 1 aliphatic heterocycles. The number of amides is 2. The van der Waals surface area contributed by atoms with E-state index in [4.69, 9.17) is 9.47 Å². The molecule has 31 heavy (non-hydrogen) atoms. The Labute approximate surface area is 179 Å². The Morgan fingerprint density at radius 3 is 2.48 bits per heavy atom. The molecule has 0 unspecified atom stereocenters. The predicted molar refractivity (Wildman–Crippen MR) is 115 cm³/mol. The van der Waals surface area contributed by atoms with E-state index in [1.165, 1.54) is 12.1 Å². The van der Waals surface area contributed by atoms with Gasteiger partial charge in [0.25, 0.3) is 5.91 Å². The van der Waals surface area contributed by atoms with Gasteiger partial charge in [-0.1, -0.05) is 24.3 Å². The molecule has 0 saturated carbocycles. The Morgan fingerprint density at radius 1 is 1.06 bits per heavy atom. The maximum atomic E-state index is 13.2. The van der Waals surface area contributed by atoms with E-state index in [9.17, 15) is 14.0 Å². The first-order chi connectivity index (χ1) is 15.0. The van der Waals surface area contributed by atoms with Crippen molar-refractivity contribution < 1.29 is 23.5 Å². The second kappa shape index (κ2) is 8.87. The molecule has 0 fully saturated rings. The van der Waals surface area contributed by atoms with Crippen molar-refractivity contribution in [3.63, 3.8) is 0 Å². The molecule has 0 aromatic heterocycles. The van der Waals surface area contributed by atoms with Crippen molar-refractivity contribution in [1.82, 2.24) is 0 Å². The monoisotopic (exact) mass is 420 g/mol. The smallest absolute Gasteiger partial charge is 0.265 e. The van der Waals surface area contributed by atoms with E-state index < -0.39 is 0 Å². The summed E-state index contributed by atoms with van der Waals surface area (Å²) in [6.45, 7) is 0.204. The van der Waals surface area contributed by atoms with Crippen LogP contribution < -0.4 is 19.7 Å². The molecule has 0 radical (unpaired) electrons. The van der Waals surface area contributed by atoms with Gasteiger partial charge in [0.05, 0.1) is 25.8 Å². The van der Waals surface area contributed by atoms with Gasteiger partial charge in [0.15, 0.2) is 6.61 Å². The number of benzene rings is 3. The molecule has 0 atom stereocenters. The van der Waals surface area contributed by atoms with Crippen molar-refractivity contribution in [3.8, 4) is 11.5 Å². The quantitative estimate of drug-likeness (QED) is 0.656. The van der Waals surface area contributed by atoms with Crippen LogP contribution in [0.2, 0.25) is 0 Å². The van der Waals surface area contributed by atoms with Gasteiger partial charge in [-0.05, 0) is 53.6 Å². The highest BCUT2D eigenvalue weighted by molar-refractivity contribution is 5.99. The number of methoxy groups -OCH3 is 1. The molecule has 0 saturated heterocycles. The molecular formula is C24H21FN2O4. The highest BCUT2D eigenvalue weighted by Gasteiger charge is 2.26. The summed E-state index contributed by atoms with van der Waals surface area (Å²) in [5, 5.41) is 2.86. The Bertz CT molecular complexity index is 1100. The highest BCUT2D eigenvalue weighted by atomic mass is 19.1. The number of nitrogens with one attached hydrogen (secondary N) is 1. The summed E-state index contributed by atoms with van der Waals surface area (Å²) in [6.07, 6.45) is 0.204. The molecule has 3 aromatic carbocycles. The minimum absolute atomic E-state index is 0.0721. The second-order valence-electron chi connectivity index (χ2n) is 7.15. The molecule has 0 bridgehead atoms.